The largest absolute Gasteiger partial charge is 0.481 e. The van der Waals surface area contributed by atoms with Crippen molar-refractivity contribution < 1.29 is 19.4 Å². The fourth-order valence-corrected chi connectivity index (χ4v) is 3.05. The first-order valence-electron chi connectivity index (χ1n) is 8.20. The average Bonchev–Trinajstić information content (AvgIpc) is 2.55. The second-order valence-corrected chi connectivity index (χ2v) is 6.15. The minimum Gasteiger partial charge on any atom is -0.481 e. The Morgan fingerprint density at radius 1 is 1.35 bits per heavy atom. The van der Waals surface area contributed by atoms with Crippen LogP contribution in [-0.4, -0.2) is 47.7 Å². The number of hydrogen-bond donors (Lipinski definition) is 1. The molecule has 1 heterocycles. The van der Waals surface area contributed by atoms with Crippen LogP contribution in [0.5, 0.6) is 0 Å². The van der Waals surface area contributed by atoms with Crippen LogP contribution < -0.4 is 0 Å². The lowest BCUT2D eigenvalue weighted by atomic mass is 9.84. The molecule has 1 N–H and O–H groups in total. The zero-order chi connectivity index (χ0) is 16.8. The predicted molar refractivity (Wildman–Crippen MR) is 87.2 cm³/mol. The monoisotopic (exact) mass is 319 g/mol. The fourth-order valence-electron chi connectivity index (χ4n) is 3.05. The van der Waals surface area contributed by atoms with Gasteiger partial charge in [0.2, 0.25) is 5.91 Å². The molecule has 23 heavy (non-hydrogen) atoms. The Balaban J connectivity index is 2.15. The Morgan fingerprint density at radius 2 is 2.04 bits per heavy atom. The van der Waals surface area contributed by atoms with Gasteiger partial charge < -0.3 is 14.7 Å². The van der Waals surface area contributed by atoms with Crippen molar-refractivity contribution in [3.63, 3.8) is 0 Å². The zero-order valence-electron chi connectivity index (χ0n) is 13.8. The van der Waals surface area contributed by atoms with Gasteiger partial charge in [-0.15, -0.1) is 0 Å². The van der Waals surface area contributed by atoms with E-state index >= 15 is 0 Å². The molecular formula is C18H25NO4. The van der Waals surface area contributed by atoms with E-state index in [1.54, 1.807) is 4.90 Å². The molecule has 0 spiro atoms. The lowest BCUT2D eigenvalue weighted by molar-refractivity contribution is -0.149. The summed E-state index contributed by atoms with van der Waals surface area (Å²) in [6.07, 6.45) is 0.427. The third-order valence-corrected chi connectivity index (χ3v) is 4.49. The molecule has 1 aromatic carbocycles. The molecule has 3 unspecified atom stereocenters. The van der Waals surface area contributed by atoms with Crippen LogP contribution in [0.1, 0.15) is 38.2 Å². The molecule has 0 aliphatic carbocycles. The smallest absolute Gasteiger partial charge is 0.306 e. The van der Waals surface area contributed by atoms with Crippen molar-refractivity contribution in [2.45, 2.75) is 38.7 Å². The third kappa shape index (κ3) is 4.55. The normalized spacial score (nSPS) is 20.8. The van der Waals surface area contributed by atoms with Crippen LogP contribution in [0.4, 0.5) is 0 Å². The van der Waals surface area contributed by atoms with E-state index in [1.165, 1.54) is 0 Å². The molecule has 2 rings (SSSR count). The number of hydrogen-bond acceptors (Lipinski definition) is 3. The Labute approximate surface area is 137 Å². The molecular weight excluding hydrogens is 294 g/mol. The lowest BCUT2D eigenvalue weighted by Gasteiger charge is -2.36. The SMILES string of the molecule is CCC(C)C(C(=O)N1CCOC(CC(=O)O)C1)c1ccccc1. The Kier molecular flexibility index (Phi) is 6.16. The van der Waals surface area contributed by atoms with E-state index in [0.717, 1.165) is 12.0 Å². The first kappa shape index (κ1) is 17.5. The van der Waals surface area contributed by atoms with Crippen molar-refractivity contribution in [1.29, 1.82) is 0 Å². The molecule has 1 fully saturated rings. The molecule has 1 amide bonds. The van der Waals surface area contributed by atoms with E-state index in [9.17, 15) is 9.59 Å². The van der Waals surface area contributed by atoms with Crippen molar-refractivity contribution in [3.8, 4) is 0 Å². The summed E-state index contributed by atoms with van der Waals surface area (Å²) in [7, 11) is 0. The zero-order valence-corrected chi connectivity index (χ0v) is 13.8. The second-order valence-electron chi connectivity index (χ2n) is 6.15. The summed E-state index contributed by atoms with van der Waals surface area (Å²) < 4.78 is 5.47. The molecule has 0 saturated carbocycles. The van der Waals surface area contributed by atoms with E-state index in [2.05, 4.69) is 13.8 Å². The van der Waals surface area contributed by atoms with Crippen LogP contribution in [0.3, 0.4) is 0 Å². The standard InChI is InChI=1S/C18H25NO4/c1-3-13(2)17(14-7-5-4-6-8-14)18(22)19-9-10-23-15(12-19)11-16(20)21/h4-8,13,15,17H,3,9-12H2,1-2H3,(H,20,21). The van der Waals surface area contributed by atoms with Gasteiger partial charge in [0.15, 0.2) is 0 Å². The number of carbonyl (C=O) groups is 2. The number of carboxylic acids is 1. The van der Waals surface area contributed by atoms with Gasteiger partial charge in [0.25, 0.3) is 0 Å². The summed E-state index contributed by atoms with van der Waals surface area (Å²) in [6.45, 7) is 5.44. The van der Waals surface area contributed by atoms with Gasteiger partial charge in [0.1, 0.15) is 0 Å². The highest BCUT2D eigenvalue weighted by atomic mass is 16.5. The van der Waals surface area contributed by atoms with Crippen molar-refractivity contribution in [1.82, 2.24) is 4.90 Å². The number of carboxylic acid groups (broad SMARTS) is 1. The maximum absolute atomic E-state index is 13.1. The van der Waals surface area contributed by atoms with Crippen LogP contribution in [-0.2, 0) is 14.3 Å². The molecule has 1 aliphatic heterocycles. The van der Waals surface area contributed by atoms with Gasteiger partial charge in [-0.2, -0.15) is 0 Å². The van der Waals surface area contributed by atoms with Crippen molar-refractivity contribution in [2.75, 3.05) is 19.7 Å². The highest BCUT2D eigenvalue weighted by molar-refractivity contribution is 5.84. The Bertz CT molecular complexity index is 531. The summed E-state index contributed by atoms with van der Waals surface area (Å²) in [5, 5.41) is 8.92. The first-order valence-corrected chi connectivity index (χ1v) is 8.20. The molecule has 1 aromatic rings. The number of amides is 1. The molecule has 126 valence electrons. The van der Waals surface area contributed by atoms with E-state index in [4.69, 9.17) is 9.84 Å². The maximum Gasteiger partial charge on any atom is 0.306 e. The molecule has 0 radical (unpaired) electrons. The first-order chi connectivity index (χ1) is 11.0. The Morgan fingerprint density at radius 3 is 2.65 bits per heavy atom. The number of ether oxygens (including phenoxy) is 1. The molecule has 0 bridgehead atoms. The third-order valence-electron chi connectivity index (χ3n) is 4.49. The quantitative estimate of drug-likeness (QED) is 0.875. The summed E-state index contributed by atoms with van der Waals surface area (Å²) in [5.41, 5.74) is 1.02. The van der Waals surface area contributed by atoms with Gasteiger partial charge >= 0.3 is 5.97 Å². The summed E-state index contributed by atoms with van der Waals surface area (Å²) in [4.78, 5) is 25.7. The molecule has 1 saturated heterocycles. The van der Waals surface area contributed by atoms with Crippen LogP contribution >= 0.6 is 0 Å². The van der Waals surface area contributed by atoms with Crippen LogP contribution in [0.15, 0.2) is 30.3 Å². The number of carbonyl (C=O) groups excluding carboxylic acids is 1. The number of morpholine rings is 1. The number of aliphatic carboxylic acids is 1. The van der Waals surface area contributed by atoms with Crippen LogP contribution in [0.25, 0.3) is 0 Å². The summed E-state index contributed by atoms with van der Waals surface area (Å²) >= 11 is 0. The van der Waals surface area contributed by atoms with Crippen LogP contribution in [0.2, 0.25) is 0 Å². The van der Waals surface area contributed by atoms with Gasteiger partial charge in [-0.1, -0.05) is 50.6 Å². The highest BCUT2D eigenvalue weighted by Crippen LogP contribution is 2.29. The van der Waals surface area contributed by atoms with E-state index in [0.29, 0.717) is 19.7 Å². The minimum absolute atomic E-state index is 0.0664. The lowest BCUT2D eigenvalue weighted by Crippen LogP contribution is -2.48. The fraction of sp³-hybridized carbons (Fsp3) is 0.556. The van der Waals surface area contributed by atoms with Gasteiger partial charge in [0, 0.05) is 13.1 Å². The van der Waals surface area contributed by atoms with Crippen molar-refractivity contribution in [2.24, 2.45) is 5.92 Å². The molecule has 5 nitrogen and oxygen atoms in total. The highest BCUT2D eigenvalue weighted by Gasteiger charge is 2.33. The van der Waals surface area contributed by atoms with Crippen molar-refractivity contribution in [3.05, 3.63) is 35.9 Å². The predicted octanol–water partition coefficient (Wildman–Crippen LogP) is 2.52. The van der Waals surface area contributed by atoms with E-state index in [-0.39, 0.29) is 24.2 Å². The molecule has 0 aromatic heterocycles. The summed E-state index contributed by atoms with van der Waals surface area (Å²) in [5.74, 6) is -0.787. The summed E-state index contributed by atoms with van der Waals surface area (Å²) in [6, 6.07) is 9.82. The number of rotatable bonds is 6. The second kappa shape index (κ2) is 8.11. The molecule has 3 atom stereocenters. The Hall–Kier alpha value is -1.88. The molecule has 5 heteroatoms. The average molecular weight is 319 g/mol. The van der Waals surface area contributed by atoms with Crippen LogP contribution in [0, 0.1) is 5.92 Å². The van der Waals surface area contributed by atoms with E-state index < -0.39 is 12.1 Å². The molecule has 1 aliphatic rings. The van der Waals surface area contributed by atoms with Gasteiger partial charge in [-0.25, -0.2) is 0 Å². The van der Waals surface area contributed by atoms with Crippen molar-refractivity contribution >= 4 is 11.9 Å². The number of nitrogens with zero attached hydrogens (tertiary/aromatic N) is 1. The topological polar surface area (TPSA) is 66.8 Å². The number of benzene rings is 1. The van der Waals surface area contributed by atoms with Gasteiger partial charge in [-0.05, 0) is 11.5 Å². The van der Waals surface area contributed by atoms with Gasteiger partial charge in [-0.3, -0.25) is 9.59 Å². The maximum atomic E-state index is 13.1. The minimum atomic E-state index is -0.897. The van der Waals surface area contributed by atoms with E-state index in [1.807, 2.05) is 30.3 Å². The van der Waals surface area contributed by atoms with Gasteiger partial charge in [0.05, 0.1) is 25.0 Å².